The van der Waals surface area contributed by atoms with E-state index in [1.54, 1.807) is 19.1 Å². The number of methoxy groups -OCH3 is 1. The van der Waals surface area contributed by atoms with Crippen LogP contribution in [0.15, 0.2) is 23.1 Å². The molecule has 0 aromatic heterocycles. The molecule has 0 amide bonds. The second-order valence-corrected chi connectivity index (χ2v) is 7.51. The highest BCUT2D eigenvalue weighted by atomic mass is 32.2. The first kappa shape index (κ1) is 17.9. The lowest BCUT2D eigenvalue weighted by molar-refractivity contribution is 0.0599. The maximum absolute atomic E-state index is 13.0. The number of hydrogen-bond donors (Lipinski definition) is 0. The lowest BCUT2D eigenvalue weighted by atomic mass is 10.1. The molecule has 6 nitrogen and oxygen atoms in total. The van der Waals surface area contributed by atoms with E-state index in [0.717, 1.165) is 6.42 Å². The summed E-state index contributed by atoms with van der Waals surface area (Å²) in [7, 11) is -2.38. The molecule has 1 aromatic carbocycles. The predicted octanol–water partition coefficient (Wildman–Crippen LogP) is 1.83. The molecule has 1 aromatic rings. The second-order valence-electron chi connectivity index (χ2n) is 5.61. The molecule has 0 N–H and O–H groups in total. The Hall–Kier alpha value is -1.44. The molecule has 1 aliphatic heterocycles. The van der Waals surface area contributed by atoms with Crippen LogP contribution in [0.25, 0.3) is 0 Å². The first-order valence-corrected chi connectivity index (χ1v) is 9.11. The number of ether oxygens (including phenoxy) is 2. The highest BCUT2D eigenvalue weighted by Gasteiger charge is 2.30. The van der Waals surface area contributed by atoms with E-state index in [0.29, 0.717) is 31.9 Å². The van der Waals surface area contributed by atoms with Gasteiger partial charge in [0, 0.05) is 19.7 Å². The van der Waals surface area contributed by atoms with Gasteiger partial charge in [0.1, 0.15) is 0 Å². The maximum atomic E-state index is 13.0. The summed E-state index contributed by atoms with van der Waals surface area (Å²) >= 11 is 0. The zero-order valence-electron chi connectivity index (χ0n) is 13.7. The molecule has 0 bridgehead atoms. The molecule has 1 atom stereocenters. The fraction of sp³-hybridized carbons (Fsp3) is 0.562. The van der Waals surface area contributed by atoms with Crippen molar-refractivity contribution in [3.8, 4) is 0 Å². The van der Waals surface area contributed by atoms with Crippen molar-refractivity contribution in [2.24, 2.45) is 5.92 Å². The standard InChI is InChI=1S/C16H23NO5S/c1-4-17(10-13-8-9-22-11-13)23(19,20)15-7-5-6-14(12(15)2)16(18)21-3/h5-7,13H,4,8-11H2,1-3H3/t13-/m1/s1. The van der Waals surface area contributed by atoms with Gasteiger partial charge in [-0.15, -0.1) is 0 Å². The van der Waals surface area contributed by atoms with Crippen molar-refractivity contribution in [3.63, 3.8) is 0 Å². The number of esters is 1. The molecule has 0 radical (unpaired) electrons. The summed E-state index contributed by atoms with van der Waals surface area (Å²) in [5, 5.41) is 0. The molecule has 1 aliphatic rings. The van der Waals surface area contributed by atoms with E-state index in [-0.39, 0.29) is 16.4 Å². The smallest absolute Gasteiger partial charge is 0.338 e. The van der Waals surface area contributed by atoms with Crippen LogP contribution in [0.1, 0.15) is 29.3 Å². The molecule has 0 spiro atoms. The Balaban J connectivity index is 2.35. The van der Waals surface area contributed by atoms with Gasteiger partial charge in [-0.25, -0.2) is 13.2 Å². The van der Waals surface area contributed by atoms with Crippen LogP contribution < -0.4 is 0 Å². The van der Waals surface area contributed by atoms with Crippen LogP contribution in [-0.2, 0) is 19.5 Å². The van der Waals surface area contributed by atoms with Gasteiger partial charge in [-0.05, 0) is 37.0 Å². The molecule has 1 fully saturated rings. The van der Waals surface area contributed by atoms with Gasteiger partial charge in [0.25, 0.3) is 0 Å². The lowest BCUT2D eigenvalue weighted by Gasteiger charge is -2.24. The Morgan fingerprint density at radius 1 is 1.43 bits per heavy atom. The minimum Gasteiger partial charge on any atom is -0.465 e. The number of carbonyl (C=O) groups excluding carboxylic acids is 1. The average Bonchev–Trinajstić information content (AvgIpc) is 3.04. The van der Waals surface area contributed by atoms with Crippen LogP contribution in [-0.4, -0.2) is 52.1 Å². The van der Waals surface area contributed by atoms with Gasteiger partial charge in [0.2, 0.25) is 10.0 Å². The second kappa shape index (κ2) is 7.42. The minimum absolute atomic E-state index is 0.154. The molecule has 1 saturated heterocycles. The maximum Gasteiger partial charge on any atom is 0.338 e. The van der Waals surface area contributed by atoms with Crippen molar-refractivity contribution < 1.29 is 22.7 Å². The number of nitrogens with zero attached hydrogens (tertiary/aromatic N) is 1. The van der Waals surface area contributed by atoms with E-state index in [9.17, 15) is 13.2 Å². The van der Waals surface area contributed by atoms with Gasteiger partial charge in [-0.1, -0.05) is 13.0 Å². The van der Waals surface area contributed by atoms with E-state index >= 15 is 0 Å². The Morgan fingerprint density at radius 2 is 2.17 bits per heavy atom. The fourth-order valence-electron chi connectivity index (χ4n) is 2.78. The Bertz CT molecular complexity index is 665. The minimum atomic E-state index is -3.66. The zero-order chi connectivity index (χ0) is 17.0. The quantitative estimate of drug-likeness (QED) is 0.738. The molecule has 0 saturated carbocycles. The summed E-state index contributed by atoms with van der Waals surface area (Å²) in [5.74, 6) is -0.319. The van der Waals surface area contributed by atoms with E-state index < -0.39 is 16.0 Å². The molecule has 7 heteroatoms. The van der Waals surface area contributed by atoms with Gasteiger partial charge < -0.3 is 9.47 Å². The SMILES string of the molecule is CCN(C[C@H]1CCOC1)S(=O)(=O)c1cccc(C(=O)OC)c1C. The third-order valence-electron chi connectivity index (χ3n) is 4.15. The van der Waals surface area contributed by atoms with Crippen LogP contribution in [0, 0.1) is 12.8 Å². The third kappa shape index (κ3) is 3.73. The van der Waals surface area contributed by atoms with E-state index in [4.69, 9.17) is 9.47 Å². The largest absolute Gasteiger partial charge is 0.465 e. The normalized spacial score (nSPS) is 18.3. The van der Waals surface area contributed by atoms with Gasteiger partial charge in [0.05, 0.1) is 24.2 Å². The topological polar surface area (TPSA) is 72.9 Å². The number of sulfonamides is 1. The van der Waals surface area contributed by atoms with E-state index in [1.165, 1.54) is 17.5 Å². The number of benzene rings is 1. The zero-order valence-corrected chi connectivity index (χ0v) is 14.6. The lowest BCUT2D eigenvalue weighted by Crippen LogP contribution is -2.36. The number of rotatable bonds is 6. The summed E-state index contributed by atoms with van der Waals surface area (Å²) < 4.78 is 37.4. The number of hydrogen-bond acceptors (Lipinski definition) is 5. The van der Waals surface area contributed by atoms with Crippen molar-refractivity contribution in [1.29, 1.82) is 0 Å². The first-order valence-electron chi connectivity index (χ1n) is 7.67. The van der Waals surface area contributed by atoms with Gasteiger partial charge in [-0.3, -0.25) is 0 Å². The van der Waals surface area contributed by atoms with Crippen LogP contribution in [0.4, 0.5) is 0 Å². The molecule has 1 heterocycles. The van der Waals surface area contributed by atoms with Crippen LogP contribution in [0.2, 0.25) is 0 Å². The van der Waals surface area contributed by atoms with Crippen LogP contribution in [0.3, 0.4) is 0 Å². The predicted molar refractivity (Wildman–Crippen MR) is 85.9 cm³/mol. The van der Waals surface area contributed by atoms with Gasteiger partial charge in [0.15, 0.2) is 0 Å². The van der Waals surface area contributed by atoms with E-state index in [1.807, 2.05) is 6.92 Å². The van der Waals surface area contributed by atoms with Crippen LogP contribution >= 0.6 is 0 Å². The Morgan fingerprint density at radius 3 is 2.74 bits per heavy atom. The highest BCUT2D eigenvalue weighted by Crippen LogP contribution is 2.25. The van der Waals surface area contributed by atoms with E-state index in [2.05, 4.69) is 0 Å². The summed E-state index contributed by atoms with van der Waals surface area (Å²) in [6.45, 7) is 5.52. The molecule has 128 valence electrons. The fourth-order valence-corrected chi connectivity index (χ4v) is 4.55. The molecule has 0 unspecified atom stereocenters. The van der Waals surface area contributed by atoms with Crippen molar-refractivity contribution >= 4 is 16.0 Å². The van der Waals surface area contributed by atoms with Crippen LogP contribution in [0.5, 0.6) is 0 Å². The van der Waals surface area contributed by atoms with Gasteiger partial charge in [-0.2, -0.15) is 4.31 Å². The average molecular weight is 341 g/mol. The summed E-state index contributed by atoms with van der Waals surface area (Å²) in [4.78, 5) is 11.9. The molecular formula is C16H23NO5S. The first-order chi connectivity index (χ1) is 10.9. The van der Waals surface area contributed by atoms with Crippen molar-refractivity contribution in [2.45, 2.75) is 25.2 Å². The summed E-state index contributed by atoms with van der Waals surface area (Å²) in [6, 6.07) is 4.67. The molecule has 23 heavy (non-hydrogen) atoms. The number of carbonyl (C=O) groups is 1. The van der Waals surface area contributed by atoms with Gasteiger partial charge >= 0.3 is 5.97 Å². The summed E-state index contributed by atoms with van der Waals surface area (Å²) in [5.41, 5.74) is 0.689. The molecule has 0 aliphatic carbocycles. The van der Waals surface area contributed by atoms with Crippen molar-refractivity contribution in [1.82, 2.24) is 4.31 Å². The third-order valence-corrected chi connectivity index (χ3v) is 6.23. The highest BCUT2D eigenvalue weighted by molar-refractivity contribution is 7.89. The van der Waals surface area contributed by atoms with Crippen molar-refractivity contribution in [3.05, 3.63) is 29.3 Å². The molecular weight excluding hydrogens is 318 g/mol. The summed E-state index contributed by atoms with van der Waals surface area (Å²) in [6.07, 6.45) is 0.868. The monoisotopic (exact) mass is 341 g/mol. The Labute approximate surface area is 137 Å². The molecule has 2 rings (SSSR count). The Kier molecular flexibility index (Phi) is 5.78. The van der Waals surface area contributed by atoms with Crippen molar-refractivity contribution in [2.75, 3.05) is 33.4 Å².